The summed E-state index contributed by atoms with van der Waals surface area (Å²) in [7, 11) is 0. The molecular formula is C76H135NO13. The van der Waals surface area contributed by atoms with Crippen LogP contribution in [0.1, 0.15) is 296 Å². The molecule has 14 nitrogen and oxygen atoms in total. The number of rotatable bonds is 60. The van der Waals surface area contributed by atoms with Gasteiger partial charge in [0.1, 0.15) is 48.8 Å². The van der Waals surface area contributed by atoms with Gasteiger partial charge in [-0.15, -0.1) is 0 Å². The summed E-state index contributed by atoms with van der Waals surface area (Å²) >= 11 is 0. The summed E-state index contributed by atoms with van der Waals surface area (Å²) in [5, 5.41) is 87.4. The van der Waals surface area contributed by atoms with Crippen LogP contribution < -0.4 is 5.32 Å². The second kappa shape index (κ2) is 59.9. The molecule has 2 fully saturated rings. The van der Waals surface area contributed by atoms with Crippen LogP contribution in [-0.4, -0.2) is 140 Å². The lowest BCUT2D eigenvalue weighted by atomic mass is 9.97. The van der Waals surface area contributed by atoms with E-state index < -0.39 is 86.8 Å². The zero-order valence-corrected chi connectivity index (χ0v) is 56.9. The number of unbranched alkanes of at least 4 members (excludes halogenated alkanes) is 35. The average Bonchev–Trinajstić information content (AvgIpc) is 1.58. The standard InChI is InChI=1S/C76H135NO13/c1-3-5-7-9-11-13-15-17-19-21-23-24-25-26-27-28-29-30-31-32-33-34-35-36-37-38-39-40-42-44-46-48-50-52-54-56-58-60-68(81)77-64(65(80)59-57-55-53-51-49-47-45-43-41-22-20-18-16-14-12-10-8-6-4-2)63-87-75-73(86)71(84)74(67(62-79)89-75)90-76-72(85)70(83)69(82)66(61-78)88-76/h5,7,11,13,17,19,23-24,41,43,49,51,57,59,64-67,69-76,78-80,82-86H,3-4,6,8-10,12,14-16,18,20-22,25-40,42,44-48,50,52-56,58,60-63H2,1-2H3,(H,77,81)/b7-5-,13-11-,19-17-,24-23-,43-41+,51-49+,59-57+. The minimum atomic E-state index is -1.79. The Bertz CT molecular complexity index is 1830. The Labute approximate surface area is 548 Å². The van der Waals surface area contributed by atoms with Crippen molar-refractivity contribution in [1.29, 1.82) is 0 Å². The first-order valence-electron chi connectivity index (χ1n) is 36.8. The number of aliphatic hydroxyl groups is 8. The van der Waals surface area contributed by atoms with Gasteiger partial charge in [-0.1, -0.05) is 292 Å². The SMILES string of the molecule is CC/C=C\C/C=C\C/C=C\C/C=C\CCCCCCCCCCCCCCCCCCCCCCCCCCC(=O)NC(COC1OC(CO)C(OC2OC(CO)C(O)C(O)C2O)C(O)C1O)C(O)/C=C/CC/C=C/CC/C=C/CCCCCCCCCCC. The Morgan fingerprint density at radius 3 is 1.22 bits per heavy atom. The van der Waals surface area contributed by atoms with Gasteiger partial charge in [0.15, 0.2) is 12.6 Å². The molecule has 2 aliphatic rings. The van der Waals surface area contributed by atoms with Gasteiger partial charge in [0, 0.05) is 6.42 Å². The van der Waals surface area contributed by atoms with Crippen molar-refractivity contribution in [3.63, 3.8) is 0 Å². The van der Waals surface area contributed by atoms with E-state index in [0.717, 1.165) is 70.6 Å². The van der Waals surface area contributed by atoms with Gasteiger partial charge in [-0.25, -0.2) is 0 Å². The number of hydrogen-bond acceptors (Lipinski definition) is 13. The van der Waals surface area contributed by atoms with Crippen molar-refractivity contribution in [2.75, 3.05) is 19.8 Å². The molecule has 0 aromatic carbocycles. The van der Waals surface area contributed by atoms with Crippen LogP contribution in [0.25, 0.3) is 0 Å². The molecule has 90 heavy (non-hydrogen) atoms. The van der Waals surface area contributed by atoms with Gasteiger partial charge in [-0.05, 0) is 83.5 Å². The van der Waals surface area contributed by atoms with Crippen molar-refractivity contribution in [3.05, 3.63) is 85.1 Å². The normalized spacial score (nSPS) is 23.4. The van der Waals surface area contributed by atoms with Gasteiger partial charge in [-0.2, -0.15) is 0 Å². The molecule has 0 aromatic heterocycles. The molecule has 1 amide bonds. The molecular weight excluding hydrogens is 1130 g/mol. The molecule has 9 N–H and O–H groups in total. The molecule has 12 unspecified atom stereocenters. The predicted molar refractivity (Wildman–Crippen MR) is 369 cm³/mol. The lowest BCUT2D eigenvalue weighted by Crippen LogP contribution is -2.65. The van der Waals surface area contributed by atoms with Gasteiger partial charge in [0.05, 0.1) is 32.0 Å². The van der Waals surface area contributed by atoms with E-state index >= 15 is 0 Å². The van der Waals surface area contributed by atoms with Crippen molar-refractivity contribution in [2.24, 2.45) is 0 Å². The topological polar surface area (TPSA) is 228 Å². The van der Waals surface area contributed by atoms with E-state index in [2.05, 4.69) is 92.1 Å². The van der Waals surface area contributed by atoms with E-state index in [1.54, 1.807) is 6.08 Å². The Hall–Kier alpha value is -2.83. The lowest BCUT2D eigenvalue weighted by molar-refractivity contribution is -0.359. The second-order valence-electron chi connectivity index (χ2n) is 25.7. The zero-order chi connectivity index (χ0) is 65.2. The number of aliphatic hydroxyl groups excluding tert-OH is 8. The minimum Gasteiger partial charge on any atom is -0.394 e. The van der Waals surface area contributed by atoms with Gasteiger partial charge in [0.25, 0.3) is 0 Å². The number of nitrogens with one attached hydrogen (secondary N) is 1. The van der Waals surface area contributed by atoms with Crippen molar-refractivity contribution >= 4 is 5.91 Å². The van der Waals surface area contributed by atoms with Crippen molar-refractivity contribution in [1.82, 2.24) is 5.32 Å². The molecule has 0 aliphatic carbocycles. The fourth-order valence-electron chi connectivity index (χ4n) is 11.7. The number of ether oxygens (including phenoxy) is 4. The molecule has 0 spiro atoms. The summed E-state index contributed by atoms with van der Waals surface area (Å²) in [5.41, 5.74) is 0. The average molecular weight is 1270 g/mol. The maximum absolute atomic E-state index is 13.3. The smallest absolute Gasteiger partial charge is 0.220 e. The molecule has 522 valence electrons. The highest BCUT2D eigenvalue weighted by Gasteiger charge is 2.51. The highest BCUT2D eigenvalue weighted by Crippen LogP contribution is 2.30. The number of allylic oxidation sites excluding steroid dienone is 13. The number of amides is 1. The summed E-state index contributed by atoms with van der Waals surface area (Å²) in [5.74, 6) is -0.250. The highest BCUT2D eigenvalue weighted by molar-refractivity contribution is 5.76. The third-order valence-electron chi connectivity index (χ3n) is 17.5. The fourth-order valence-corrected chi connectivity index (χ4v) is 11.7. The molecule has 0 bridgehead atoms. The van der Waals surface area contributed by atoms with Gasteiger partial charge in [0.2, 0.25) is 5.91 Å². The Balaban J connectivity index is 1.61. The molecule has 2 rings (SSSR count). The largest absolute Gasteiger partial charge is 0.394 e. The lowest BCUT2D eigenvalue weighted by Gasteiger charge is -2.46. The first-order valence-corrected chi connectivity index (χ1v) is 36.8. The number of carbonyl (C=O) groups excluding carboxylic acids is 1. The second-order valence-corrected chi connectivity index (χ2v) is 25.7. The monoisotopic (exact) mass is 1270 g/mol. The molecule has 2 aliphatic heterocycles. The first kappa shape index (κ1) is 83.3. The van der Waals surface area contributed by atoms with Crippen LogP contribution in [0.3, 0.4) is 0 Å². The Kier molecular flexibility index (Phi) is 55.4. The third-order valence-corrected chi connectivity index (χ3v) is 17.5. The molecule has 0 radical (unpaired) electrons. The predicted octanol–water partition coefficient (Wildman–Crippen LogP) is 15.6. The quantitative estimate of drug-likeness (QED) is 0.0204. The summed E-state index contributed by atoms with van der Waals surface area (Å²) in [6.45, 7) is 2.68. The van der Waals surface area contributed by atoms with Crippen molar-refractivity contribution < 1.29 is 64.6 Å². The molecule has 12 atom stereocenters. The van der Waals surface area contributed by atoms with Crippen LogP contribution in [0, 0.1) is 0 Å². The van der Waals surface area contributed by atoms with Crippen molar-refractivity contribution in [3.8, 4) is 0 Å². The third kappa shape index (κ3) is 43.2. The van der Waals surface area contributed by atoms with Crippen LogP contribution in [0.15, 0.2) is 85.1 Å². The van der Waals surface area contributed by atoms with Crippen LogP contribution in [0.5, 0.6) is 0 Å². The highest BCUT2D eigenvalue weighted by atomic mass is 16.7. The van der Waals surface area contributed by atoms with E-state index in [1.807, 2.05) is 6.08 Å². The van der Waals surface area contributed by atoms with Crippen LogP contribution in [0.2, 0.25) is 0 Å². The van der Waals surface area contributed by atoms with E-state index in [9.17, 15) is 45.6 Å². The van der Waals surface area contributed by atoms with Crippen LogP contribution >= 0.6 is 0 Å². The maximum Gasteiger partial charge on any atom is 0.220 e. The Morgan fingerprint density at radius 2 is 0.778 bits per heavy atom. The summed E-state index contributed by atoms with van der Waals surface area (Å²) < 4.78 is 22.8. The summed E-state index contributed by atoms with van der Waals surface area (Å²) in [4.78, 5) is 13.3. The molecule has 0 aromatic rings. The van der Waals surface area contributed by atoms with Gasteiger partial charge in [-0.3, -0.25) is 4.79 Å². The Morgan fingerprint density at radius 1 is 0.411 bits per heavy atom. The number of carbonyl (C=O) groups is 1. The number of hydrogen-bond donors (Lipinski definition) is 9. The van der Waals surface area contributed by atoms with E-state index in [0.29, 0.717) is 12.8 Å². The first-order chi connectivity index (χ1) is 44.1. The molecule has 14 heteroatoms. The van der Waals surface area contributed by atoms with E-state index in [-0.39, 0.29) is 18.9 Å². The van der Waals surface area contributed by atoms with Crippen molar-refractivity contribution in [2.45, 2.75) is 370 Å². The van der Waals surface area contributed by atoms with Crippen LogP contribution in [-0.2, 0) is 23.7 Å². The minimum absolute atomic E-state index is 0.250. The zero-order valence-electron chi connectivity index (χ0n) is 56.9. The van der Waals surface area contributed by atoms with Gasteiger partial charge >= 0.3 is 0 Å². The maximum atomic E-state index is 13.3. The van der Waals surface area contributed by atoms with Crippen LogP contribution in [0.4, 0.5) is 0 Å². The molecule has 2 heterocycles. The molecule has 2 saturated heterocycles. The summed E-state index contributed by atoms with van der Waals surface area (Å²) in [6.07, 6.45) is 66.6. The fraction of sp³-hybridized carbons (Fsp3) is 0.803. The van der Waals surface area contributed by atoms with E-state index in [4.69, 9.17) is 18.9 Å². The van der Waals surface area contributed by atoms with E-state index in [1.165, 1.54) is 193 Å². The summed E-state index contributed by atoms with van der Waals surface area (Å²) in [6, 6.07) is -0.940. The molecule has 0 saturated carbocycles. The van der Waals surface area contributed by atoms with Gasteiger partial charge < -0.3 is 65.1 Å².